The minimum absolute atomic E-state index is 0.0331. The van der Waals surface area contributed by atoms with Crippen LogP contribution in [0.3, 0.4) is 0 Å². The lowest BCUT2D eigenvalue weighted by Gasteiger charge is -2.35. The zero-order valence-corrected chi connectivity index (χ0v) is 12.2. The van der Waals surface area contributed by atoms with Crippen LogP contribution in [0.5, 0.6) is 0 Å². The number of nitro groups is 1. The Morgan fingerprint density at radius 3 is 3.00 bits per heavy atom. The summed E-state index contributed by atoms with van der Waals surface area (Å²) in [6.07, 6.45) is 3.41. The molecular weight excluding hydrogens is 270 g/mol. The van der Waals surface area contributed by atoms with Gasteiger partial charge in [0.1, 0.15) is 0 Å². The number of benzene rings is 1. The van der Waals surface area contributed by atoms with Gasteiger partial charge in [-0.15, -0.1) is 0 Å². The molecule has 1 unspecified atom stereocenters. The minimum Gasteiger partial charge on any atom is -0.338 e. The van der Waals surface area contributed by atoms with Crippen molar-refractivity contribution in [1.82, 2.24) is 10.2 Å². The van der Waals surface area contributed by atoms with Crippen molar-refractivity contribution in [3.8, 4) is 0 Å². The lowest BCUT2D eigenvalue weighted by atomic mass is 10.0. The van der Waals surface area contributed by atoms with E-state index in [0.717, 1.165) is 32.4 Å². The molecule has 0 bridgehead atoms. The molecule has 1 aromatic carbocycles. The van der Waals surface area contributed by atoms with E-state index in [1.54, 1.807) is 12.1 Å². The molecular formula is C15H21N3O3. The third kappa shape index (κ3) is 4.01. The van der Waals surface area contributed by atoms with Gasteiger partial charge in [0.2, 0.25) is 5.91 Å². The van der Waals surface area contributed by atoms with Gasteiger partial charge >= 0.3 is 0 Å². The lowest BCUT2D eigenvalue weighted by Crippen LogP contribution is -2.48. The van der Waals surface area contributed by atoms with Crippen molar-refractivity contribution in [2.75, 3.05) is 20.1 Å². The average Bonchev–Trinajstić information content (AvgIpc) is 2.48. The molecule has 1 saturated heterocycles. The first-order chi connectivity index (χ1) is 10.1. The van der Waals surface area contributed by atoms with Crippen LogP contribution in [0.15, 0.2) is 24.3 Å². The molecule has 21 heavy (non-hydrogen) atoms. The summed E-state index contributed by atoms with van der Waals surface area (Å²) in [6.45, 7) is 1.57. The summed E-state index contributed by atoms with van der Waals surface area (Å²) in [7, 11) is 1.89. The lowest BCUT2D eigenvalue weighted by molar-refractivity contribution is -0.384. The molecule has 1 aliphatic heterocycles. The monoisotopic (exact) mass is 291 g/mol. The zero-order chi connectivity index (χ0) is 15.2. The van der Waals surface area contributed by atoms with E-state index in [2.05, 4.69) is 5.32 Å². The van der Waals surface area contributed by atoms with Gasteiger partial charge in [-0.3, -0.25) is 14.9 Å². The number of nitro benzene ring substituents is 1. The van der Waals surface area contributed by atoms with E-state index in [-0.39, 0.29) is 24.1 Å². The van der Waals surface area contributed by atoms with Crippen LogP contribution >= 0.6 is 0 Å². The minimum atomic E-state index is -0.432. The molecule has 1 N–H and O–H groups in total. The van der Waals surface area contributed by atoms with Crippen LogP contribution in [-0.4, -0.2) is 41.9 Å². The molecule has 0 spiro atoms. The number of hydrogen-bond acceptors (Lipinski definition) is 4. The van der Waals surface area contributed by atoms with Crippen LogP contribution in [0.25, 0.3) is 0 Å². The number of likely N-dealkylation sites (N-methyl/N-ethyl adjacent to an activating group) is 1. The predicted molar refractivity (Wildman–Crippen MR) is 80.1 cm³/mol. The van der Waals surface area contributed by atoms with Gasteiger partial charge in [0.25, 0.3) is 5.69 Å². The average molecular weight is 291 g/mol. The fourth-order valence-electron chi connectivity index (χ4n) is 2.83. The first kappa shape index (κ1) is 15.4. The van der Waals surface area contributed by atoms with Gasteiger partial charge in [0.15, 0.2) is 0 Å². The number of hydrogen-bond donors (Lipinski definition) is 1. The Labute approximate surface area is 124 Å². The number of nitrogens with zero attached hydrogens (tertiary/aromatic N) is 2. The van der Waals surface area contributed by atoms with Gasteiger partial charge in [0.05, 0.1) is 11.3 Å². The van der Waals surface area contributed by atoms with E-state index in [9.17, 15) is 14.9 Å². The first-order valence-corrected chi connectivity index (χ1v) is 7.29. The first-order valence-electron chi connectivity index (χ1n) is 7.29. The molecule has 0 aliphatic carbocycles. The van der Waals surface area contributed by atoms with Crippen LogP contribution in [0, 0.1) is 10.1 Å². The van der Waals surface area contributed by atoms with Gasteiger partial charge < -0.3 is 10.2 Å². The summed E-state index contributed by atoms with van der Waals surface area (Å²) in [4.78, 5) is 24.7. The van der Waals surface area contributed by atoms with E-state index >= 15 is 0 Å². The number of likely N-dealkylation sites (tertiary alicyclic amines) is 1. The number of carbonyl (C=O) groups is 1. The summed E-state index contributed by atoms with van der Waals surface area (Å²) in [5.41, 5.74) is 0.730. The van der Waals surface area contributed by atoms with E-state index < -0.39 is 4.92 Å². The number of carbonyl (C=O) groups excluding carboxylic acids is 1. The number of amides is 1. The second-order valence-electron chi connectivity index (χ2n) is 5.40. The number of piperidine rings is 1. The molecule has 1 aliphatic rings. The number of non-ortho nitro benzene ring substituents is 1. The Morgan fingerprint density at radius 1 is 1.48 bits per heavy atom. The van der Waals surface area contributed by atoms with Crippen molar-refractivity contribution in [1.29, 1.82) is 0 Å². The summed E-state index contributed by atoms with van der Waals surface area (Å²) in [5.74, 6) is 0.0513. The van der Waals surface area contributed by atoms with Crippen molar-refractivity contribution in [2.45, 2.75) is 31.7 Å². The third-order valence-electron chi connectivity index (χ3n) is 3.86. The molecule has 0 aromatic heterocycles. The zero-order valence-electron chi connectivity index (χ0n) is 12.2. The Bertz CT molecular complexity index is 517. The van der Waals surface area contributed by atoms with Crippen molar-refractivity contribution in [2.24, 2.45) is 0 Å². The maximum atomic E-state index is 12.5. The van der Waals surface area contributed by atoms with Crippen molar-refractivity contribution in [3.63, 3.8) is 0 Å². The molecule has 1 aromatic rings. The highest BCUT2D eigenvalue weighted by Crippen LogP contribution is 2.19. The summed E-state index contributed by atoms with van der Waals surface area (Å²) >= 11 is 0. The second-order valence-corrected chi connectivity index (χ2v) is 5.40. The van der Waals surface area contributed by atoms with Gasteiger partial charge in [-0.2, -0.15) is 0 Å². The SMILES string of the molecule is CNCC1CCCCN1C(=O)Cc1cccc([N+](=O)[O-])c1. The Morgan fingerprint density at radius 2 is 2.29 bits per heavy atom. The van der Waals surface area contributed by atoms with Gasteiger partial charge in [0, 0.05) is 31.3 Å². The summed E-state index contributed by atoms with van der Waals surface area (Å²) in [6, 6.07) is 6.55. The van der Waals surface area contributed by atoms with Crippen molar-refractivity contribution < 1.29 is 9.72 Å². The quantitative estimate of drug-likeness (QED) is 0.662. The third-order valence-corrected chi connectivity index (χ3v) is 3.86. The van der Waals surface area contributed by atoms with Gasteiger partial charge in [-0.05, 0) is 31.9 Å². The summed E-state index contributed by atoms with van der Waals surface area (Å²) < 4.78 is 0. The second kappa shape index (κ2) is 7.17. The van der Waals surface area contributed by atoms with Crippen LogP contribution in [-0.2, 0) is 11.2 Å². The van der Waals surface area contributed by atoms with Gasteiger partial charge in [-0.1, -0.05) is 12.1 Å². The topological polar surface area (TPSA) is 75.5 Å². The normalized spacial score (nSPS) is 18.5. The number of nitrogens with one attached hydrogen (secondary N) is 1. The smallest absolute Gasteiger partial charge is 0.269 e. The molecule has 0 radical (unpaired) electrons. The number of rotatable bonds is 5. The maximum absolute atomic E-state index is 12.5. The standard InChI is InChI=1S/C15H21N3O3/c1-16-11-14-6-2-3-8-17(14)15(19)10-12-5-4-7-13(9-12)18(20)21/h4-5,7,9,14,16H,2-3,6,8,10-11H2,1H3. The largest absolute Gasteiger partial charge is 0.338 e. The van der Waals surface area contributed by atoms with Crippen LogP contribution in [0.1, 0.15) is 24.8 Å². The van der Waals surface area contributed by atoms with Crippen LogP contribution in [0.4, 0.5) is 5.69 Å². The molecule has 1 fully saturated rings. The van der Waals surface area contributed by atoms with Crippen LogP contribution in [0.2, 0.25) is 0 Å². The molecule has 1 amide bonds. The maximum Gasteiger partial charge on any atom is 0.269 e. The van der Waals surface area contributed by atoms with Crippen molar-refractivity contribution >= 4 is 11.6 Å². The highest BCUT2D eigenvalue weighted by Gasteiger charge is 2.26. The molecule has 1 heterocycles. The predicted octanol–water partition coefficient (Wildman–Crippen LogP) is 1.74. The van der Waals surface area contributed by atoms with E-state index in [1.807, 2.05) is 11.9 Å². The van der Waals surface area contributed by atoms with Crippen molar-refractivity contribution in [3.05, 3.63) is 39.9 Å². The van der Waals surface area contributed by atoms with Gasteiger partial charge in [-0.25, -0.2) is 0 Å². The van der Waals surface area contributed by atoms with Crippen LogP contribution < -0.4 is 5.32 Å². The molecule has 6 heteroatoms. The fourth-order valence-corrected chi connectivity index (χ4v) is 2.83. The molecule has 114 valence electrons. The summed E-state index contributed by atoms with van der Waals surface area (Å²) in [5, 5.41) is 13.9. The van der Waals surface area contributed by atoms with E-state index in [4.69, 9.17) is 0 Å². The highest BCUT2D eigenvalue weighted by molar-refractivity contribution is 5.79. The van der Waals surface area contributed by atoms with E-state index in [0.29, 0.717) is 5.56 Å². The Balaban J connectivity index is 2.05. The molecule has 6 nitrogen and oxygen atoms in total. The van der Waals surface area contributed by atoms with E-state index in [1.165, 1.54) is 12.1 Å². The molecule has 2 rings (SSSR count). The molecule has 1 atom stereocenters. The fraction of sp³-hybridized carbons (Fsp3) is 0.533. The highest BCUT2D eigenvalue weighted by atomic mass is 16.6. The Kier molecular flexibility index (Phi) is 5.27. The Hall–Kier alpha value is -1.95. The molecule has 0 saturated carbocycles.